The van der Waals surface area contributed by atoms with E-state index < -0.39 is 17.3 Å². The molecule has 0 bridgehead atoms. The van der Waals surface area contributed by atoms with Gasteiger partial charge in [0.05, 0.1) is 17.7 Å². The van der Waals surface area contributed by atoms with Crippen LogP contribution in [0.1, 0.15) is 23.2 Å². The Balaban J connectivity index is 2.15. The number of aliphatic hydroxyl groups is 1. The Bertz CT molecular complexity index is 475. The summed E-state index contributed by atoms with van der Waals surface area (Å²) in [6, 6.07) is 4.26. The molecule has 0 spiro atoms. The van der Waals surface area contributed by atoms with Gasteiger partial charge in [-0.1, -0.05) is 15.9 Å². The van der Waals surface area contributed by atoms with E-state index in [0.717, 1.165) is 0 Å². The summed E-state index contributed by atoms with van der Waals surface area (Å²) in [4.78, 5) is 12.1. The quantitative estimate of drug-likeness (QED) is 0.888. The first kappa shape index (κ1) is 14.4. The number of amides is 1. The highest BCUT2D eigenvalue weighted by atomic mass is 79.9. The van der Waals surface area contributed by atoms with Crippen LogP contribution < -0.4 is 5.32 Å². The normalized spacial score (nSPS) is 18.1. The van der Waals surface area contributed by atoms with E-state index in [-0.39, 0.29) is 12.2 Å². The van der Waals surface area contributed by atoms with E-state index in [1.807, 2.05) is 0 Å². The number of rotatable bonds is 3. The van der Waals surface area contributed by atoms with Gasteiger partial charge in [0, 0.05) is 17.7 Å². The molecule has 0 atom stereocenters. The lowest BCUT2D eigenvalue weighted by molar-refractivity contribution is 0.0124. The molecule has 1 aliphatic rings. The van der Waals surface area contributed by atoms with Crippen LogP contribution >= 0.6 is 15.9 Å². The fourth-order valence-electron chi connectivity index (χ4n) is 2.07. The molecular formula is C13H15BrFNO3. The van der Waals surface area contributed by atoms with Crippen LogP contribution in [0.15, 0.2) is 22.7 Å². The molecule has 0 aliphatic carbocycles. The monoisotopic (exact) mass is 331 g/mol. The summed E-state index contributed by atoms with van der Waals surface area (Å²) < 4.78 is 19.5. The van der Waals surface area contributed by atoms with Crippen molar-refractivity contribution in [2.24, 2.45) is 0 Å². The molecule has 2 rings (SSSR count). The maximum Gasteiger partial charge on any atom is 0.254 e. The standard InChI is InChI=1S/C13H15BrFNO3/c14-9-1-2-10(11(15)7-9)12(18)16-13(8-17)3-5-19-6-4-13/h1-2,7,17H,3-6,8H2,(H,16,18). The van der Waals surface area contributed by atoms with Gasteiger partial charge in [0.1, 0.15) is 5.82 Å². The molecular weight excluding hydrogens is 317 g/mol. The van der Waals surface area contributed by atoms with Crippen LogP contribution in [0.2, 0.25) is 0 Å². The van der Waals surface area contributed by atoms with E-state index in [1.54, 1.807) is 6.07 Å². The summed E-state index contributed by atoms with van der Waals surface area (Å²) in [7, 11) is 0. The van der Waals surface area contributed by atoms with Crippen LogP contribution in [-0.4, -0.2) is 36.4 Å². The first-order valence-electron chi connectivity index (χ1n) is 6.02. The van der Waals surface area contributed by atoms with E-state index in [4.69, 9.17) is 4.74 Å². The van der Waals surface area contributed by atoms with Gasteiger partial charge in [0.15, 0.2) is 0 Å². The Hall–Kier alpha value is -0.980. The number of benzene rings is 1. The topological polar surface area (TPSA) is 58.6 Å². The predicted molar refractivity (Wildman–Crippen MR) is 71.4 cm³/mol. The second kappa shape index (κ2) is 5.98. The van der Waals surface area contributed by atoms with Gasteiger partial charge in [0.2, 0.25) is 0 Å². The van der Waals surface area contributed by atoms with Crippen molar-refractivity contribution < 1.29 is 19.0 Å². The summed E-state index contributed by atoms with van der Waals surface area (Å²) in [5.41, 5.74) is -0.739. The molecule has 1 heterocycles. The summed E-state index contributed by atoms with van der Waals surface area (Å²) in [6.07, 6.45) is 1.04. The van der Waals surface area contributed by atoms with E-state index in [1.165, 1.54) is 12.1 Å². The van der Waals surface area contributed by atoms with Gasteiger partial charge in [-0.3, -0.25) is 4.79 Å². The summed E-state index contributed by atoms with van der Waals surface area (Å²) >= 11 is 3.14. The van der Waals surface area contributed by atoms with Gasteiger partial charge >= 0.3 is 0 Å². The minimum absolute atomic E-state index is 0.0254. The largest absolute Gasteiger partial charge is 0.394 e. The minimum atomic E-state index is -0.713. The van der Waals surface area contributed by atoms with Crippen molar-refractivity contribution in [3.63, 3.8) is 0 Å². The molecule has 1 fully saturated rings. The predicted octanol–water partition coefficient (Wildman–Crippen LogP) is 1.86. The molecule has 104 valence electrons. The van der Waals surface area contributed by atoms with Crippen LogP contribution in [-0.2, 0) is 4.74 Å². The molecule has 1 aliphatic heterocycles. The maximum absolute atomic E-state index is 13.7. The minimum Gasteiger partial charge on any atom is -0.394 e. The fraction of sp³-hybridized carbons (Fsp3) is 0.462. The second-order valence-electron chi connectivity index (χ2n) is 4.63. The number of hydrogen-bond donors (Lipinski definition) is 2. The highest BCUT2D eigenvalue weighted by molar-refractivity contribution is 9.10. The Morgan fingerprint density at radius 3 is 2.74 bits per heavy atom. The average molecular weight is 332 g/mol. The molecule has 19 heavy (non-hydrogen) atoms. The lowest BCUT2D eigenvalue weighted by atomic mass is 9.90. The molecule has 1 aromatic carbocycles. The lowest BCUT2D eigenvalue weighted by Crippen LogP contribution is -2.54. The third-order valence-corrected chi connectivity index (χ3v) is 3.80. The highest BCUT2D eigenvalue weighted by Crippen LogP contribution is 2.22. The highest BCUT2D eigenvalue weighted by Gasteiger charge is 2.34. The fourth-order valence-corrected chi connectivity index (χ4v) is 2.40. The van der Waals surface area contributed by atoms with Gasteiger partial charge in [-0.05, 0) is 31.0 Å². The lowest BCUT2D eigenvalue weighted by Gasteiger charge is -2.36. The SMILES string of the molecule is O=C(NC1(CO)CCOCC1)c1ccc(Br)cc1F. The zero-order chi connectivity index (χ0) is 13.9. The van der Waals surface area contributed by atoms with Crippen LogP contribution in [0, 0.1) is 5.82 Å². The average Bonchev–Trinajstić information content (AvgIpc) is 2.39. The molecule has 0 radical (unpaired) electrons. The number of ether oxygens (including phenoxy) is 1. The second-order valence-corrected chi connectivity index (χ2v) is 5.54. The summed E-state index contributed by atoms with van der Waals surface area (Å²) in [5, 5.41) is 12.2. The molecule has 2 N–H and O–H groups in total. The van der Waals surface area contributed by atoms with E-state index in [0.29, 0.717) is 30.5 Å². The zero-order valence-electron chi connectivity index (χ0n) is 10.3. The molecule has 0 saturated carbocycles. The van der Waals surface area contributed by atoms with Crippen LogP contribution in [0.5, 0.6) is 0 Å². The van der Waals surface area contributed by atoms with E-state index in [9.17, 15) is 14.3 Å². The van der Waals surface area contributed by atoms with Crippen LogP contribution in [0.25, 0.3) is 0 Å². The molecule has 1 amide bonds. The maximum atomic E-state index is 13.7. The van der Waals surface area contributed by atoms with Crippen molar-refractivity contribution in [1.29, 1.82) is 0 Å². The van der Waals surface area contributed by atoms with E-state index >= 15 is 0 Å². The van der Waals surface area contributed by atoms with Crippen LogP contribution in [0.4, 0.5) is 4.39 Å². The van der Waals surface area contributed by atoms with Crippen molar-refractivity contribution in [1.82, 2.24) is 5.32 Å². The van der Waals surface area contributed by atoms with Gasteiger partial charge in [-0.15, -0.1) is 0 Å². The molecule has 0 aromatic heterocycles. The van der Waals surface area contributed by atoms with Gasteiger partial charge in [-0.2, -0.15) is 0 Å². The van der Waals surface area contributed by atoms with Gasteiger partial charge in [0.25, 0.3) is 5.91 Å². The molecule has 4 nitrogen and oxygen atoms in total. The number of halogens is 2. The van der Waals surface area contributed by atoms with Gasteiger partial charge < -0.3 is 15.2 Å². The first-order chi connectivity index (χ1) is 9.06. The van der Waals surface area contributed by atoms with Crippen molar-refractivity contribution in [3.8, 4) is 0 Å². The number of carbonyl (C=O) groups is 1. The number of nitrogens with one attached hydrogen (secondary N) is 1. The number of aliphatic hydroxyl groups excluding tert-OH is 1. The Kier molecular flexibility index (Phi) is 4.54. The van der Waals surface area contributed by atoms with Crippen molar-refractivity contribution in [3.05, 3.63) is 34.1 Å². The van der Waals surface area contributed by atoms with Crippen molar-refractivity contribution in [2.75, 3.05) is 19.8 Å². The Labute approximate surface area is 119 Å². The molecule has 0 unspecified atom stereocenters. The first-order valence-corrected chi connectivity index (χ1v) is 6.82. The van der Waals surface area contributed by atoms with Crippen molar-refractivity contribution in [2.45, 2.75) is 18.4 Å². The smallest absolute Gasteiger partial charge is 0.254 e. The molecule has 1 aromatic rings. The molecule has 1 saturated heterocycles. The summed E-state index contributed by atoms with van der Waals surface area (Å²) in [6.45, 7) is 0.771. The number of carbonyl (C=O) groups excluding carboxylic acids is 1. The van der Waals surface area contributed by atoms with E-state index in [2.05, 4.69) is 21.2 Å². The molecule has 6 heteroatoms. The third-order valence-electron chi connectivity index (χ3n) is 3.31. The van der Waals surface area contributed by atoms with Crippen molar-refractivity contribution >= 4 is 21.8 Å². The van der Waals surface area contributed by atoms with Gasteiger partial charge in [-0.25, -0.2) is 4.39 Å². The zero-order valence-corrected chi connectivity index (χ0v) is 11.9. The summed E-state index contributed by atoms with van der Waals surface area (Å²) in [5.74, 6) is -1.10. The Morgan fingerprint density at radius 2 is 2.16 bits per heavy atom. The Morgan fingerprint density at radius 1 is 1.47 bits per heavy atom. The number of hydrogen-bond acceptors (Lipinski definition) is 3. The third kappa shape index (κ3) is 3.32. The van der Waals surface area contributed by atoms with Crippen LogP contribution in [0.3, 0.4) is 0 Å².